The SMILES string of the molecule is Cc1cc(Br)c(NC(=O)c2ccc(O)c(C)c2)c(Br)c1. The third kappa shape index (κ3) is 3.22. The predicted molar refractivity (Wildman–Crippen MR) is 87.4 cm³/mol. The van der Waals surface area contributed by atoms with Crippen LogP contribution in [0.5, 0.6) is 5.75 Å². The summed E-state index contributed by atoms with van der Waals surface area (Å²) in [6.07, 6.45) is 0. The van der Waals surface area contributed by atoms with Gasteiger partial charge in [0.25, 0.3) is 5.91 Å². The van der Waals surface area contributed by atoms with Crippen LogP contribution in [-0.4, -0.2) is 11.0 Å². The fourth-order valence-corrected chi connectivity index (χ4v) is 3.42. The second-order valence-electron chi connectivity index (χ2n) is 4.56. The number of hydrogen-bond donors (Lipinski definition) is 2. The van der Waals surface area contributed by atoms with Crippen molar-refractivity contribution in [3.05, 3.63) is 56.0 Å². The molecule has 20 heavy (non-hydrogen) atoms. The number of aromatic hydroxyl groups is 1. The van der Waals surface area contributed by atoms with Crippen molar-refractivity contribution in [2.45, 2.75) is 13.8 Å². The van der Waals surface area contributed by atoms with Crippen molar-refractivity contribution in [2.24, 2.45) is 0 Å². The third-order valence-electron chi connectivity index (χ3n) is 2.88. The average Bonchev–Trinajstić information content (AvgIpc) is 2.36. The molecule has 0 saturated heterocycles. The highest BCUT2D eigenvalue weighted by Gasteiger charge is 2.12. The fraction of sp³-hybridized carbons (Fsp3) is 0.133. The first-order chi connectivity index (χ1) is 9.38. The summed E-state index contributed by atoms with van der Waals surface area (Å²) in [5.41, 5.74) is 2.94. The number of carbonyl (C=O) groups excluding carboxylic acids is 1. The molecule has 2 N–H and O–H groups in total. The lowest BCUT2D eigenvalue weighted by Crippen LogP contribution is -2.13. The van der Waals surface area contributed by atoms with Gasteiger partial charge >= 0.3 is 0 Å². The molecule has 0 unspecified atom stereocenters. The monoisotopic (exact) mass is 397 g/mol. The molecule has 0 saturated carbocycles. The predicted octanol–water partition coefficient (Wildman–Crippen LogP) is 4.79. The highest BCUT2D eigenvalue weighted by Crippen LogP contribution is 2.32. The van der Waals surface area contributed by atoms with E-state index in [1.165, 1.54) is 6.07 Å². The number of phenolic OH excluding ortho intramolecular Hbond substituents is 1. The zero-order valence-corrected chi connectivity index (χ0v) is 14.2. The Kier molecular flexibility index (Phi) is 4.50. The number of rotatable bonds is 2. The maximum absolute atomic E-state index is 12.2. The van der Waals surface area contributed by atoms with Crippen LogP contribution in [0.1, 0.15) is 21.5 Å². The minimum Gasteiger partial charge on any atom is -0.508 e. The molecule has 0 atom stereocenters. The summed E-state index contributed by atoms with van der Waals surface area (Å²) in [5, 5.41) is 12.3. The number of benzene rings is 2. The average molecular weight is 399 g/mol. The maximum atomic E-state index is 12.2. The lowest BCUT2D eigenvalue weighted by Gasteiger charge is -2.11. The van der Waals surface area contributed by atoms with Crippen molar-refractivity contribution in [3.8, 4) is 5.75 Å². The number of carbonyl (C=O) groups is 1. The molecular formula is C15H13Br2NO2. The molecule has 104 valence electrons. The van der Waals surface area contributed by atoms with E-state index in [0.717, 1.165) is 14.5 Å². The standard InChI is InChI=1S/C15H13Br2NO2/c1-8-5-11(16)14(12(17)6-8)18-15(20)10-3-4-13(19)9(2)7-10/h3-7,19H,1-2H3,(H,18,20). The van der Waals surface area contributed by atoms with Crippen LogP contribution in [0.3, 0.4) is 0 Å². The second kappa shape index (κ2) is 5.97. The molecule has 0 aromatic heterocycles. The maximum Gasteiger partial charge on any atom is 0.255 e. The number of nitrogens with one attached hydrogen (secondary N) is 1. The number of anilines is 1. The summed E-state index contributed by atoms with van der Waals surface area (Å²) in [6.45, 7) is 3.73. The van der Waals surface area contributed by atoms with Crippen molar-refractivity contribution in [1.29, 1.82) is 0 Å². The molecular weight excluding hydrogens is 386 g/mol. The van der Waals surface area contributed by atoms with Crippen LogP contribution in [0.4, 0.5) is 5.69 Å². The van der Waals surface area contributed by atoms with Gasteiger partial charge in [0.2, 0.25) is 0 Å². The highest BCUT2D eigenvalue weighted by atomic mass is 79.9. The Hall–Kier alpha value is -1.33. The molecule has 2 rings (SSSR count). The van der Waals surface area contributed by atoms with Crippen LogP contribution in [0.25, 0.3) is 0 Å². The molecule has 0 aliphatic carbocycles. The zero-order valence-electron chi connectivity index (χ0n) is 11.0. The lowest BCUT2D eigenvalue weighted by molar-refractivity contribution is 0.102. The minimum absolute atomic E-state index is 0.180. The van der Waals surface area contributed by atoms with Crippen molar-refractivity contribution in [2.75, 3.05) is 5.32 Å². The van der Waals surface area contributed by atoms with Crippen molar-refractivity contribution >= 4 is 43.5 Å². The molecule has 2 aromatic carbocycles. The van der Waals surface area contributed by atoms with Crippen molar-refractivity contribution in [3.63, 3.8) is 0 Å². The van der Waals surface area contributed by atoms with Crippen LogP contribution < -0.4 is 5.32 Å². The summed E-state index contributed by atoms with van der Waals surface area (Å²) in [4.78, 5) is 12.2. The molecule has 2 aromatic rings. The molecule has 0 aliphatic heterocycles. The molecule has 1 amide bonds. The molecule has 0 spiro atoms. The van der Waals surface area contributed by atoms with E-state index >= 15 is 0 Å². The van der Waals surface area contributed by atoms with Gasteiger partial charge in [-0.3, -0.25) is 4.79 Å². The van der Waals surface area contributed by atoms with Crippen molar-refractivity contribution in [1.82, 2.24) is 0 Å². The first-order valence-corrected chi connectivity index (χ1v) is 7.53. The van der Waals surface area contributed by atoms with Crippen LogP contribution in [0, 0.1) is 13.8 Å². The summed E-state index contributed by atoms with van der Waals surface area (Å²) < 4.78 is 1.63. The Morgan fingerprint density at radius 1 is 1.10 bits per heavy atom. The molecule has 0 fully saturated rings. The molecule has 0 aliphatic rings. The topological polar surface area (TPSA) is 49.3 Å². The number of phenols is 1. The van der Waals surface area contributed by atoms with E-state index in [4.69, 9.17) is 0 Å². The summed E-state index contributed by atoms with van der Waals surface area (Å²) in [6, 6.07) is 8.63. The molecule has 0 radical (unpaired) electrons. The summed E-state index contributed by atoms with van der Waals surface area (Å²) in [7, 11) is 0. The third-order valence-corrected chi connectivity index (χ3v) is 4.13. The first kappa shape index (κ1) is 15.1. The minimum atomic E-state index is -0.224. The Bertz CT molecular complexity index is 661. The van der Waals surface area contributed by atoms with Gasteiger partial charge in [0, 0.05) is 14.5 Å². The van der Waals surface area contributed by atoms with E-state index in [1.807, 2.05) is 19.1 Å². The molecule has 0 heterocycles. The first-order valence-electron chi connectivity index (χ1n) is 5.95. The number of hydrogen-bond acceptors (Lipinski definition) is 2. The van der Waals surface area contributed by atoms with Gasteiger partial charge in [-0.05, 0) is 87.2 Å². The Balaban J connectivity index is 2.30. The van der Waals surface area contributed by atoms with Crippen LogP contribution in [0.15, 0.2) is 39.3 Å². The molecule has 5 heteroatoms. The lowest BCUT2D eigenvalue weighted by atomic mass is 10.1. The fourth-order valence-electron chi connectivity index (χ4n) is 1.80. The van der Waals surface area contributed by atoms with E-state index in [9.17, 15) is 9.90 Å². The second-order valence-corrected chi connectivity index (χ2v) is 6.27. The number of halogens is 2. The van der Waals surface area contributed by atoms with Crippen molar-refractivity contribution < 1.29 is 9.90 Å². The van der Waals surface area contributed by atoms with Gasteiger partial charge in [0.15, 0.2) is 0 Å². The van der Waals surface area contributed by atoms with Gasteiger partial charge in [0.1, 0.15) is 5.75 Å². The Labute approximate surface area is 134 Å². The smallest absolute Gasteiger partial charge is 0.255 e. The Morgan fingerprint density at radius 3 is 2.25 bits per heavy atom. The number of amides is 1. The van der Waals surface area contributed by atoms with E-state index in [1.54, 1.807) is 19.1 Å². The van der Waals surface area contributed by atoms with Gasteiger partial charge in [0.05, 0.1) is 5.69 Å². The van der Waals surface area contributed by atoms with Crippen LogP contribution in [0.2, 0.25) is 0 Å². The molecule has 3 nitrogen and oxygen atoms in total. The van der Waals surface area contributed by atoms with Crippen LogP contribution >= 0.6 is 31.9 Å². The van der Waals surface area contributed by atoms with E-state index < -0.39 is 0 Å². The van der Waals surface area contributed by atoms with Crippen LogP contribution in [-0.2, 0) is 0 Å². The zero-order chi connectivity index (χ0) is 14.9. The summed E-state index contributed by atoms with van der Waals surface area (Å²) >= 11 is 6.88. The highest BCUT2D eigenvalue weighted by molar-refractivity contribution is 9.11. The number of aryl methyl sites for hydroxylation is 2. The largest absolute Gasteiger partial charge is 0.508 e. The molecule has 0 bridgehead atoms. The Morgan fingerprint density at radius 2 is 1.70 bits per heavy atom. The van der Waals surface area contributed by atoms with Gasteiger partial charge in [-0.2, -0.15) is 0 Å². The quantitative estimate of drug-likeness (QED) is 0.764. The van der Waals surface area contributed by atoms with E-state index in [2.05, 4.69) is 37.2 Å². The van der Waals surface area contributed by atoms with Gasteiger partial charge in [-0.15, -0.1) is 0 Å². The summed E-state index contributed by atoms with van der Waals surface area (Å²) in [5.74, 6) is -0.0439. The normalized spacial score (nSPS) is 10.4. The van der Waals surface area contributed by atoms with E-state index in [0.29, 0.717) is 16.8 Å². The van der Waals surface area contributed by atoms with E-state index in [-0.39, 0.29) is 11.7 Å². The van der Waals surface area contributed by atoms with Gasteiger partial charge in [-0.25, -0.2) is 0 Å². The van der Waals surface area contributed by atoms with Gasteiger partial charge < -0.3 is 10.4 Å². The van der Waals surface area contributed by atoms with Gasteiger partial charge in [-0.1, -0.05) is 0 Å².